The molecule has 2 N–H and O–H groups in total. The topological polar surface area (TPSA) is 132 Å². The van der Waals surface area contributed by atoms with Gasteiger partial charge in [0.25, 0.3) is 11.8 Å². The summed E-state index contributed by atoms with van der Waals surface area (Å²) >= 11 is 0. The summed E-state index contributed by atoms with van der Waals surface area (Å²) in [5.74, 6) is -2.22. The number of fused-ring (bicyclic) bond motifs is 5. The number of hydrogen-bond acceptors (Lipinski definition) is 8. The number of hydrogen-bond donors (Lipinski definition) is 2. The van der Waals surface area contributed by atoms with E-state index in [1.807, 2.05) is 6.92 Å². The van der Waals surface area contributed by atoms with E-state index in [-0.39, 0.29) is 42.6 Å². The molecule has 3 aliphatic heterocycles. The van der Waals surface area contributed by atoms with E-state index in [1.54, 1.807) is 31.1 Å². The lowest BCUT2D eigenvalue weighted by atomic mass is 9.85. The second-order valence-corrected chi connectivity index (χ2v) is 10.3. The molecule has 2 aromatic rings. The number of aromatic nitrogens is 1. The van der Waals surface area contributed by atoms with Crippen molar-refractivity contribution in [3.05, 3.63) is 62.8 Å². The van der Waals surface area contributed by atoms with E-state index < -0.39 is 40.5 Å². The van der Waals surface area contributed by atoms with Gasteiger partial charge in [0, 0.05) is 38.0 Å². The molecule has 0 saturated carbocycles. The molecule has 0 aliphatic carbocycles. The molecular weight excluding hydrogens is 511 g/mol. The zero-order chi connectivity index (χ0) is 27.9. The second kappa shape index (κ2) is 10.3. The molecule has 0 unspecified atom stereocenters. The van der Waals surface area contributed by atoms with Gasteiger partial charge >= 0.3 is 0 Å². The van der Waals surface area contributed by atoms with Crippen molar-refractivity contribution in [2.45, 2.75) is 57.3 Å². The van der Waals surface area contributed by atoms with Gasteiger partial charge in [-0.05, 0) is 38.3 Å². The lowest BCUT2D eigenvalue weighted by molar-refractivity contribution is -0.0655. The van der Waals surface area contributed by atoms with Crippen LogP contribution < -0.4 is 10.7 Å². The van der Waals surface area contributed by atoms with E-state index in [2.05, 4.69) is 10.5 Å². The molecule has 5 rings (SSSR count). The highest BCUT2D eigenvalue weighted by atomic mass is 19.1. The van der Waals surface area contributed by atoms with Crippen LogP contribution in [-0.2, 0) is 20.9 Å². The Morgan fingerprint density at radius 1 is 1.33 bits per heavy atom. The smallest absolute Gasteiger partial charge is 0.274 e. The molecule has 39 heavy (non-hydrogen) atoms. The third-order valence-electron chi connectivity index (χ3n) is 7.73. The van der Waals surface area contributed by atoms with Gasteiger partial charge in [0.2, 0.25) is 11.3 Å². The van der Waals surface area contributed by atoms with Gasteiger partial charge in [-0.1, -0.05) is 17.3 Å². The van der Waals surface area contributed by atoms with Crippen molar-refractivity contribution in [2.75, 3.05) is 26.9 Å². The highest BCUT2D eigenvalue weighted by Crippen LogP contribution is 2.46. The van der Waals surface area contributed by atoms with Crippen molar-refractivity contribution < 1.29 is 33.4 Å². The number of amides is 2. The van der Waals surface area contributed by atoms with Gasteiger partial charge in [-0.3, -0.25) is 14.4 Å². The number of methoxy groups -OCH3 is 1. The van der Waals surface area contributed by atoms with Crippen LogP contribution in [0.15, 0.2) is 34.3 Å². The van der Waals surface area contributed by atoms with E-state index in [0.29, 0.717) is 31.8 Å². The summed E-state index contributed by atoms with van der Waals surface area (Å²) in [4.78, 5) is 47.2. The number of benzene rings is 1. The lowest BCUT2D eigenvalue weighted by Gasteiger charge is -2.41. The van der Waals surface area contributed by atoms with Crippen molar-refractivity contribution in [1.29, 1.82) is 0 Å². The monoisotopic (exact) mass is 542 g/mol. The first-order valence-electron chi connectivity index (χ1n) is 12.8. The van der Waals surface area contributed by atoms with Crippen molar-refractivity contribution in [3.63, 3.8) is 0 Å². The first kappa shape index (κ1) is 26.7. The van der Waals surface area contributed by atoms with Gasteiger partial charge < -0.3 is 34.2 Å². The maximum Gasteiger partial charge on any atom is 0.274 e. The largest absolute Gasteiger partial charge is 0.503 e. The summed E-state index contributed by atoms with van der Waals surface area (Å²) in [7, 11) is 1.56. The fourth-order valence-corrected chi connectivity index (χ4v) is 5.47. The molecule has 1 aromatic heterocycles. The minimum atomic E-state index is -0.981. The van der Waals surface area contributed by atoms with E-state index >= 15 is 0 Å². The quantitative estimate of drug-likeness (QED) is 0.535. The van der Waals surface area contributed by atoms with Gasteiger partial charge in [0.05, 0.1) is 19.1 Å². The van der Waals surface area contributed by atoms with Crippen molar-refractivity contribution in [3.8, 4) is 5.75 Å². The molecule has 12 heteroatoms. The normalized spacial score (nSPS) is 23.6. The average molecular weight is 543 g/mol. The minimum absolute atomic E-state index is 0.163. The molecule has 2 bridgehead atoms. The lowest BCUT2D eigenvalue weighted by Crippen LogP contribution is -2.52. The molecule has 2 amide bonds. The number of carbonyl (C=O) groups excluding carboxylic acids is 2. The zero-order valence-corrected chi connectivity index (χ0v) is 22.0. The van der Waals surface area contributed by atoms with Crippen LogP contribution in [0.25, 0.3) is 0 Å². The number of oxime groups is 1. The Kier molecular flexibility index (Phi) is 7.06. The maximum absolute atomic E-state index is 14.3. The van der Waals surface area contributed by atoms with Crippen LogP contribution >= 0.6 is 0 Å². The second-order valence-electron chi connectivity index (χ2n) is 10.3. The Morgan fingerprint density at radius 3 is 2.87 bits per heavy atom. The number of carbonyl (C=O) groups is 2. The Balaban J connectivity index is 1.49. The first-order valence-corrected chi connectivity index (χ1v) is 12.8. The van der Waals surface area contributed by atoms with Crippen molar-refractivity contribution in [2.24, 2.45) is 5.16 Å². The maximum atomic E-state index is 14.3. The number of nitrogens with one attached hydrogen (secondary N) is 1. The SMILES string of the molecule is COCCOC1=NO[C@@]2(CC[C@H](C)N3C[C@H]2n2cc(C(=O)NCc4ccc(C)cc4F)c(=O)c(O)c2C3=O)C1. The van der Waals surface area contributed by atoms with Crippen molar-refractivity contribution in [1.82, 2.24) is 14.8 Å². The molecule has 11 nitrogen and oxygen atoms in total. The summed E-state index contributed by atoms with van der Waals surface area (Å²) in [6.45, 7) is 4.37. The fourth-order valence-electron chi connectivity index (χ4n) is 5.47. The Bertz CT molecular complexity index is 1410. The van der Waals surface area contributed by atoms with Crippen LogP contribution in [0.1, 0.15) is 64.2 Å². The van der Waals surface area contributed by atoms with Crippen LogP contribution in [0.3, 0.4) is 0 Å². The highest BCUT2D eigenvalue weighted by molar-refractivity contribution is 5.99. The summed E-state index contributed by atoms with van der Waals surface area (Å²) in [5, 5.41) is 17.6. The summed E-state index contributed by atoms with van der Waals surface area (Å²) in [5.41, 5.74) is -1.50. The molecule has 1 saturated heterocycles. The molecule has 3 atom stereocenters. The Hall–Kier alpha value is -3.93. The zero-order valence-electron chi connectivity index (χ0n) is 22.0. The summed E-state index contributed by atoms with van der Waals surface area (Å²) in [6, 6.07) is 3.86. The molecule has 1 spiro atoms. The number of aromatic hydroxyl groups is 1. The van der Waals surface area contributed by atoms with E-state index in [1.165, 1.54) is 16.8 Å². The van der Waals surface area contributed by atoms with Crippen LogP contribution in [0, 0.1) is 12.7 Å². The number of halogens is 1. The third kappa shape index (κ3) is 4.73. The van der Waals surface area contributed by atoms with Crippen LogP contribution in [0.4, 0.5) is 4.39 Å². The predicted octanol–water partition coefficient (Wildman–Crippen LogP) is 2.25. The molecule has 1 fully saturated rings. The average Bonchev–Trinajstić information content (AvgIpc) is 3.27. The van der Waals surface area contributed by atoms with Crippen molar-refractivity contribution >= 4 is 17.7 Å². The van der Waals surface area contributed by atoms with Gasteiger partial charge in [-0.25, -0.2) is 4.39 Å². The van der Waals surface area contributed by atoms with Gasteiger partial charge in [-0.2, -0.15) is 0 Å². The van der Waals surface area contributed by atoms with Crippen LogP contribution in [0.5, 0.6) is 5.75 Å². The van der Waals surface area contributed by atoms with Crippen LogP contribution in [0.2, 0.25) is 0 Å². The van der Waals surface area contributed by atoms with Gasteiger partial charge in [-0.15, -0.1) is 0 Å². The van der Waals surface area contributed by atoms with E-state index in [9.17, 15) is 23.9 Å². The minimum Gasteiger partial charge on any atom is -0.503 e. The Labute approximate surface area is 224 Å². The molecule has 1 aromatic carbocycles. The number of pyridine rings is 1. The number of nitrogens with zero attached hydrogens (tertiary/aromatic N) is 3. The highest BCUT2D eigenvalue weighted by Gasteiger charge is 2.54. The third-order valence-corrected chi connectivity index (χ3v) is 7.73. The number of rotatable bonds is 6. The Morgan fingerprint density at radius 2 is 2.13 bits per heavy atom. The summed E-state index contributed by atoms with van der Waals surface area (Å²) < 4.78 is 26.5. The fraction of sp³-hybridized carbons (Fsp3) is 0.481. The molecular formula is C27H31FN4O7. The standard InChI is InChI=1S/C27H31FN4O7/c1-15-4-5-17(19(28)10-15)12-29-25(35)18-13-32-20-14-31(26(36)22(32)24(34)23(18)33)16(2)6-7-27(20)11-21(30-39-27)38-9-8-37-3/h4-5,10,13,16,20,34H,6-9,11-12,14H2,1-3H3,(H,29,35)/t16-,20+,27-/m0/s1. The van der Waals surface area contributed by atoms with Gasteiger partial charge in [0.15, 0.2) is 17.0 Å². The van der Waals surface area contributed by atoms with E-state index in [4.69, 9.17) is 14.3 Å². The number of ether oxygens (including phenoxy) is 2. The molecule has 208 valence electrons. The predicted molar refractivity (Wildman–Crippen MR) is 137 cm³/mol. The first-order chi connectivity index (χ1) is 18.6. The molecule has 4 heterocycles. The number of aryl methyl sites for hydroxylation is 1. The summed E-state index contributed by atoms with van der Waals surface area (Å²) in [6.07, 6.45) is 2.70. The molecule has 3 aliphatic rings. The molecule has 0 radical (unpaired) electrons. The van der Waals surface area contributed by atoms with Gasteiger partial charge in [0.1, 0.15) is 18.0 Å². The van der Waals surface area contributed by atoms with E-state index in [0.717, 1.165) is 5.56 Å². The van der Waals surface area contributed by atoms with Crippen LogP contribution in [-0.4, -0.2) is 70.8 Å².